The molecule has 5 heteroatoms. The third-order valence-electron chi connectivity index (χ3n) is 4.47. The molecule has 0 aliphatic carbocycles. The van der Waals surface area contributed by atoms with Crippen LogP contribution in [0, 0.1) is 5.92 Å². The highest BCUT2D eigenvalue weighted by molar-refractivity contribution is 8.02. The van der Waals surface area contributed by atoms with Gasteiger partial charge in [-0.3, -0.25) is 4.79 Å². The maximum atomic E-state index is 12.0. The van der Waals surface area contributed by atoms with Gasteiger partial charge in [0, 0.05) is 23.6 Å². The van der Waals surface area contributed by atoms with Crippen LogP contribution in [0.1, 0.15) is 12.8 Å². The van der Waals surface area contributed by atoms with Gasteiger partial charge in [0.25, 0.3) is 0 Å². The SMILES string of the molecule is COc1ccc(S/C=C/C(=O)N[C@H]2CN3CCC2CC3)cc1. The molecule has 1 aromatic rings. The number of fused-ring (bicyclic) bond motifs is 3. The van der Waals surface area contributed by atoms with Gasteiger partial charge < -0.3 is 15.0 Å². The molecule has 0 spiro atoms. The molecule has 3 fully saturated rings. The van der Waals surface area contributed by atoms with Crippen LogP contribution in [0.4, 0.5) is 0 Å². The van der Waals surface area contributed by atoms with Gasteiger partial charge in [-0.05, 0) is 61.5 Å². The number of carbonyl (C=O) groups is 1. The number of piperidine rings is 3. The highest BCUT2D eigenvalue weighted by atomic mass is 32.2. The number of benzene rings is 1. The van der Waals surface area contributed by atoms with Crippen LogP contribution in [0.25, 0.3) is 0 Å². The normalized spacial score (nSPS) is 27.0. The second kappa shape index (κ2) is 7.20. The third kappa shape index (κ3) is 3.84. The Hall–Kier alpha value is -1.46. The molecule has 4 rings (SSSR count). The molecule has 3 saturated heterocycles. The predicted octanol–water partition coefficient (Wildman–Crippen LogP) is 2.51. The molecule has 3 aliphatic rings. The number of nitrogens with one attached hydrogen (secondary N) is 1. The standard InChI is InChI=1S/C17H22N2O2S/c1-21-14-2-4-15(5-3-14)22-11-8-17(20)18-16-12-19-9-6-13(16)7-10-19/h2-5,8,11,13,16H,6-7,9-10,12H2,1H3,(H,18,20)/b11-8+/t16-/m0/s1. The van der Waals surface area contributed by atoms with Crippen LogP contribution in [-0.2, 0) is 4.79 Å². The Morgan fingerprint density at radius 2 is 2.05 bits per heavy atom. The molecule has 0 saturated carbocycles. The van der Waals surface area contributed by atoms with E-state index in [1.807, 2.05) is 29.7 Å². The van der Waals surface area contributed by atoms with Crippen molar-refractivity contribution in [1.29, 1.82) is 0 Å². The van der Waals surface area contributed by atoms with Gasteiger partial charge in [-0.2, -0.15) is 0 Å². The van der Waals surface area contributed by atoms with Crippen LogP contribution in [0.3, 0.4) is 0 Å². The van der Waals surface area contributed by atoms with Crippen molar-refractivity contribution in [2.24, 2.45) is 5.92 Å². The Bertz CT molecular complexity index is 536. The molecule has 3 aliphatic heterocycles. The number of thioether (sulfide) groups is 1. The van der Waals surface area contributed by atoms with E-state index in [-0.39, 0.29) is 5.91 Å². The van der Waals surface area contributed by atoms with Gasteiger partial charge in [-0.15, -0.1) is 0 Å². The van der Waals surface area contributed by atoms with E-state index in [1.54, 1.807) is 13.2 Å². The van der Waals surface area contributed by atoms with Crippen LogP contribution < -0.4 is 10.1 Å². The smallest absolute Gasteiger partial charge is 0.244 e. The lowest BCUT2D eigenvalue weighted by Crippen LogP contribution is -2.57. The molecule has 1 atom stereocenters. The molecule has 2 bridgehead atoms. The van der Waals surface area contributed by atoms with Crippen molar-refractivity contribution in [2.75, 3.05) is 26.7 Å². The highest BCUT2D eigenvalue weighted by Gasteiger charge is 2.34. The first kappa shape index (κ1) is 15.4. The number of hydrogen-bond donors (Lipinski definition) is 1. The van der Waals surface area contributed by atoms with Crippen molar-refractivity contribution in [3.8, 4) is 5.75 Å². The number of ether oxygens (including phenoxy) is 1. The summed E-state index contributed by atoms with van der Waals surface area (Å²) in [5.74, 6) is 1.52. The third-order valence-corrected chi connectivity index (χ3v) is 5.28. The predicted molar refractivity (Wildman–Crippen MR) is 89.1 cm³/mol. The van der Waals surface area contributed by atoms with E-state index >= 15 is 0 Å². The van der Waals surface area contributed by atoms with Gasteiger partial charge in [-0.1, -0.05) is 11.8 Å². The first-order valence-electron chi connectivity index (χ1n) is 7.75. The molecule has 118 valence electrons. The highest BCUT2D eigenvalue weighted by Crippen LogP contribution is 2.27. The monoisotopic (exact) mass is 318 g/mol. The maximum Gasteiger partial charge on any atom is 0.244 e. The van der Waals surface area contributed by atoms with Crippen LogP contribution in [0.5, 0.6) is 5.75 Å². The number of methoxy groups -OCH3 is 1. The zero-order chi connectivity index (χ0) is 15.4. The molecular formula is C17H22N2O2S. The van der Waals surface area contributed by atoms with Gasteiger partial charge in [0.2, 0.25) is 5.91 Å². The molecule has 0 radical (unpaired) electrons. The fraction of sp³-hybridized carbons (Fsp3) is 0.471. The molecule has 4 nitrogen and oxygen atoms in total. The molecule has 0 aromatic heterocycles. The van der Waals surface area contributed by atoms with Crippen molar-refractivity contribution >= 4 is 17.7 Å². The summed E-state index contributed by atoms with van der Waals surface area (Å²) in [7, 11) is 1.65. The first-order valence-corrected chi connectivity index (χ1v) is 8.62. The molecule has 1 aromatic carbocycles. The van der Waals surface area contributed by atoms with E-state index in [2.05, 4.69) is 10.2 Å². The quantitative estimate of drug-likeness (QED) is 0.669. The van der Waals surface area contributed by atoms with Crippen molar-refractivity contribution in [2.45, 2.75) is 23.8 Å². The van der Waals surface area contributed by atoms with Gasteiger partial charge in [0.05, 0.1) is 7.11 Å². The largest absolute Gasteiger partial charge is 0.497 e. The molecule has 3 heterocycles. The Morgan fingerprint density at radius 3 is 2.64 bits per heavy atom. The van der Waals surface area contributed by atoms with Gasteiger partial charge >= 0.3 is 0 Å². The van der Waals surface area contributed by atoms with Gasteiger partial charge in [0.1, 0.15) is 5.75 Å². The minimum atomic E-state index is 0.0137. The van der Waals surface area contributed by atoms with Crippen LogP contribution in [0.2, 0.25) is 0 Å². The summed E-state index contributed by atoms with van der Waals surface area (Å²) < 4.78 is 5.13. The number of rotatable bonds is 5. The minimum absolute atomic E-state index is 0.0137. The average Bonchev–Trinajstić information content (AvgIpc) is 2.56. The van der Waals surface area contributed by atoms with E-state index in [4.69, 9.17) is 4.74 Å². The minimum Gasteiger partial charge on any atom is -0.497 e. The Labute approximate surface area is 135 Å². The fourth-order valence-electron chi connectivity index (χ4n) is 3.19. The zero-order valence-electron chi connectivity index (χ0n) is 12.8. The topological polar surface area (TPSA) is 41.6 Å². The van der Waals surface area contributed by atoms with E-state index < -0.39 is 0 Å². The molecule has 0 unspecified atom stereocenters. The molecular weight excluding hydrogens is 296 g/mol. The van der Waals surface area contributed by atoms with Crippen molar-refractivity contribution in [3.63, 3.8) is 0 Å². The number of amides is 1. The van der Waals surface area contributed by atoms with Crippen LogP contribution >= 0.6 is 11.8 Å². The van der Waals surface area contributed by atoms with E-state index in [0.717, 1.165) is 17.2 Å². The Morgan fingerprint density at radius 1 is 1.32 bits per heavy atom. The maximum absolute atomic E-state index is 12.0. The number of hydrogen-bond acceptors (Lipinski definition) is 4. The summed E-state index contributed by atoms with van der Waals surface area (Å²) in [6.45, 7) is 3.40. The first-order chi connectivity index (χ1) is 10.7. The second-order valence-electron chi connectivity index (χ2n) is 5.85. The van der Waals surface area contributed by atoms with E-state index in [0.29, 0.717) is 12.0 Å². The van der Waals surface area contributed by atoms with Crippen LogP contribution in [0.15, 0.2) is 40.6 Å². The molecule has 1 amide bonds. The lowest BCUT2D eigenvalue weighted by atomic mass is 9.84. The van der Waals surface area contributed by atoms with Crippen molar-refractivity contribution in [3.05, 3.63) is 35.7 Å². The zero-order valence-corrected chi connectivity index (χ0v) is 13.6. The van der Waals surface area contributed by atoms with E-state index in [9.17, 15) is 4.79 Å². The molecule has 22 heavy (non-hydrogen) atoms. The summed E-state index contributed by atoms with van der Waals surface area (Å²) >= 11 is 1.54. The summed E-state index contributed by atoms with van der Waals surface area (Å²) in [4.78, 5) is 15.6. The number of nitrogens with zero attached hydrogens (tertiary/aromatic N) is 1. The average molecular weight is 318 g/mol. The summed E-state index contributed by atoms with van der Waals surface area (Å²) in [5, 5.41) is 5.00. The number of carbonyl (C=O) groups excluding carboxylic acids is 1. The van der Waals surface area contributed by atoms with Gasteiger partial charge in [-0.25, -0.2) is 0 Å². The fourth-order valence-corrected chi connectivity index (χ4v) is 3.83. The summed E-state index contributed by atoms with van der Waals surface area (Å²) in [6.07, 6.45) is 4.07. The second-order valence-corrected chi connectivity index (χ2v) is 6.83. The van der Waals surface area contributed by atoms with Crippen LogP contribution in [-0.4, -0.2) is 43.6 Å². The van der Waals surface area contributed by atoms with Crippen molar-refractivity contribution < 1.29 is 9.53 Å². The lowest BCUT2D eigenvalue weighted by Gasteiger charge is -2.44. The Kier molecular flexibility index (Phi) is 5.05. The van der Waals surface area contributed by atoms with E-state index in [1.165, 1.54) is 37.7 Å². The Balaban J connectivity index is 1.46. The van der Waals surface area contributed by atoms with Crippen molar-refractivity contribution in [1.82, 2.24) is 10.2 Å². The molecule has 1 N–H and O–H groups in total. The summed E-state index contributed by atoms with van der Waals surface area (Å²) in [6, 6.07) is 8.14. The van der Waals surface area contributed by atoms with Gasteiger partial charge in [0.15, 0.2) is 0 Å². The lowest BCUT2D eigenvalue weighted by molar-refractivity contribution is -0.118. The summed E-state index contributed by atoms with van der Waals surface area (Å²) in [5.41, 5.74) is 0.